The molecule has 2 atom stereocenters. The number of nitrogens with one attached hydrogen (secondary N) is 3. The van der Waals surface area contributed by atoms with E-state index < -0.39 is 26.2 Å². The van der Waals surface area contributed by atoms with E-state index in [9.17, 15) is 21.9 Å². The summed E-state index contributed by atoms with van der Waals surface area (Å²) in [5, 5.41) is 14.9. The quantitative estimate of drug-likeness (QED) is 0.138. The lowest BCUT2D eigenvalue weighted by Crippen LogP contribution is -2.32. The van der Waals surface area contributed by atoms with Gasteiger partial charge >= 0.3 is 10.1 Å². The number of aliphatic hydroxyl groups excluding tert-OH is 1. The molecule has 4 rings (SSSR count). The topological polar surface area (TPSA) is 164 Å². The van der Waals surface area contributed by atoms with Crippen LogP contribution in [0.5, 0.6) is 5.75 Å². The molecular weight excluding hydrogens is 528 g/mol. The Balaban J connectivity index is 1.39. The molecule has 1 heterocycles. The number of hydrogen-bond donors (Lipinski definition) is 5. The van der Waals surface area contributed by atoms with E-state index in [-0.39, 0.29) is 23.2 Å². The van der Waals surface area contributed by atoms with Gasteiger partial charge in [-0.3, -0.25) is 4.72 Å². The van der Waals surface area contributed by atoms with E-state index in [0.717, 1.165) is 17.2 Å². The zero-order valence-corrected chi connectivity index (χ0v) is 22.5. The highest BCUT2D eigenvalue weighted by atomic mass is 32.2. The second-order valence-electron chi connectivity index (χ2n) is 9.11. The minimum atomic E-state index is -3.84. The summed E-state index contributed by atoms with van der Waals surface area (Å²) in [6, 6.07) is 17.7. The molecule has 0 unspecified atom stereocenters. The highest BCUT2D eigenvalue weighted by Crippen LogP contribution is 2.29. The monoisotopic (exact) mass is 558 g/mol. The van der Waals surface area contributed by atoms with Crippen molar-refractivity contribution in [3.8, 4) is 5.75 Å². The molecule has 0 bridgehead atoms. The molecule has 4 aromatic rings. The number of anilines is 2. The summed E-state index contributed by atoms with van der Waals surface area (Å²) in [6.07, 6.45) is 2.53. The van der Waals surface area contributed by atoms with E-state index in [1.165, 1.54) is 12.1 Å². The van der Waals surface area contributed by atoms with Crippen LogP contribution < -0.4 is 20.0 Å². The largest absolute Gasteiger partial charge is 0.399 e. The summed E-state index contributed by atoms with van der Waals surface area (Å²) < 4.78 is 56.1. The average molecular weight is 559 g/mol. The van der Waals surface area contributed by atoms with Gasteiger partial charge in [-0.25, -0.2) is 8.42 Å². The van der Waals surface area contributed by atoms with Crippen molar-refractivity contribution in [1.29, 1.82) is 0 Å². The molecule has 3 aromatic carbocycles. The first kappa shape index (κ1) is 27.5. The minimum Gasteiger partial charge on any atom is -0.399 e. The van der Waals surface area contributed by atoms with Crippen molar-refractivity contribution in [3.63, 3.8) is 0 Å². The van der Waals surface area contributed by atoms with E-state index in [4.69, 9.17) is 9.92 Å². The molecule has 0 aliphatic heterocycles. The number of rotatable bonds is 11. The number of benzene rings is 3. The first-order chi connectivity index (χ1) is 17.9. The van der Waals surface area contributed by atoms with Crippen LogP contribution >= 0.6 is 0 Å². The number of aromatic amines is 1. The minimum absolute atomic E-state index is 0.0339. The highest BCUT2D eigenvalue weighted by molar-refractivity contribution is 7.92. The van der Waals surface area contributed by atoms with Gasteiger partial charge in [0.15, 0.2) is 5.75 Å². The summed E-state index contributed by atoms with van der Waals surface area (Å²) in [5.74, 6) is 0.235. The fourth-order valence-corrected chi connectivity index (χ4v) is 5.69. The van der Waals surface area contributed by atoms with E-state index in [1.54, 1.807) is 48.5 Å². The van der Waals surface area contributed by atoms with Crippen LogP contribution in [0, 0.1) is 0 Å². The normalized spacial score (nSPS) is 13.8. The standard InChI is InChI=1S/C26H30N4O6S2/c1-17(12-19-15-29-26-23(19)10-5-11-25(26)36-37(2,32)33)28-16-24(31)18-6-3-8-21(13-18)30-38(34,35)22-9-4-7-20(27)14-22/h3-11,13-15,17,24,28-31H,12,16,27H2,1-2H3/t17-,24+/m1/s1. The van der Waals surface area contributed by atoms with Crippen LogP contribution in [-0.2, 0) is 26.6 Å². The van der Waals surface area contributed by atoms with Crippen LogP contribution in [-0.4, -0.2) is 45.8 Å². The SMILES string of the molecule is C[C@H](Cc1c[nH]c2c(OS(C)(=O)=O)cccc12)NC[C@H](O)c1cccc(NS(=O)(=O)c2cccc(N)c2)c1. The fourth-order valence-electron chi connectivity index (χ4n) is 4.12. The molecule has 0 aliphatic rings. The predicted octanol–water partition coefficient (Wildman–Crippen LogP) is 3.14. The third kappa shape index (κ3) is 6.84. The third-order valence-corrected chi connectivity index (χ3v) is 7.74. The van der Waals surface area contributed by atoms with Crippen LogP contribution in [0.3, 0.4) is 0 Å². The molecule has 38 heavy (non-hydrogen) atoms. The first-order valence-corrected chi connectivity index (χ1v) is 15.1. The van der Waals surface area contributed by atoms with E-state index in [0.29, 0.717) is 28.9 Å². The third-order valence-electron chi connectivity index (χ3n) is 5.88. The Kier molecular flexibility index (Phi) is 7.97. The molecule has 1 aromatic heterocycles. The summed E-state index contributed by atoms with van der Waals surface area (Å²) in [7, 11) is -7.50. The van der Waals surface area contributed by atoms with Gasteiger partial charge in [-0.2, -0.15) is 8.42 Å². The molecule has 12 heteroatoms. The molecule has 0 radical (unpaired) electrons. The number of sulfonamides is 1. The van der Waals surface area contributed by atoms with Gasteiger partial charge in [-0.15, -0.1) is 0 Å². The van der Waals surface area contributed by atoms with E-state index in [2.05, 4.69) is 15.0 Å². The molecule has 0 spiro atoms. The molecule has 202 valence electrons. The van der Waals surface area contributed by atoms with Crippen molar-refractivity contribution < 1.29 is 26.1 Å². The van der Waals surface area contributed by atoms with Crippen LogP contribution in [0.15, 0.2) is 77.8 Å². The van der Waals surface area contributed by atoms with Gasteiger partial charge in [0, 0.05) is 35.5 Å². The van der Waals surface area contributed by atoms with Gasteiger partial charge in [0.2, 0.25) is 0 Å². The van der Waals surface area contributed by atoms with Gasteiger partial charge in [0.1, 0.15) is 0 Å². The van der Waals surface area contributed by atoms with Crippen molar-refractivity contribution in [2.24, 2.45) is 0 Å². The molecule has 0 amide bonds. The van der Waals surface area contributed by atoms with Gasteiger partial charge in [0.25, 0.3) is 10.0 Å². The summed E-state index contributed by atoms with van der Waals surface area (Å²) in [5.41, 5.74) is 8.48. The molecular formula is C26H30N4O6S2. The molecule has 10 nitrogen and oxygen atoms in total. The Morgan fingerprint density at radius 3 is 2.50 bits per heavy atom. The van der Waals surface area contributed by atoms with Gasteiger partial charge < -0.3 is 25.3 Å². The van der Waals surface area contributed by atoms with Crippen molar-refractivity contribution in [2.75, 3.05) is 23.3 Å². The second-order valence-corrected chi connectivity index (χ2v) is 12.4. The molecule has 0 saturated heterocycles. The maximum absolute atomic E-state index is 12.7. The summed E-state index contributed by atoms with van der Waals surface area (Å²) in [6.45, 7) is 2.20. The van der Waals surface area contributed by atoms with Crippen LogP contribution in [0.2, 0.25) is 0 Å². The fraction of sp³-hybridized carbons (Fsp3) is 0.231. The lowest BCUT2D eigenvalue weighted by atomic mass is 10.0. The number of nitrogens with two attached hydrogens (primary N) is 1. The Hall–Kier alpha value is -3.58. The van der Waals surface area contributed by atoms with Crippen molar-refractivity contribution >= 4 is 42.4 Å². The number of H-pyrrole nitrogens is 1. The smallest absolute Gasteiger partial charge is 0.306 e. The predicted molar refractivity (Wildman–Crippen MR) is 148 cm³/mol. The number of para-hydroxylation sites is 1. The van der Waals surface area contributed by atoms with Crippen molar-refractivity contribution in [2.45, 2.75) is 30.4 Å². The second kappa shape index (κ2) is 11.0. The van der Waals surface area contributed by atoms with Crippen molar-refractivity contribution in [1.82, 2.24) is 10.3 Å². The average Bonchev–Trinajstić information content (AvgIpc) is 3.25. The number of aliphatic hydroxyl groups is 1. The molecule has 0 fully saturated rings. The van der Waals surface area contributed by atoms with Crippen LogP contribution in [0.25, 0.3) is 10.9 Å². The molecule has 0 saturated carbocycles. The van der Waals surface area contributed by atoms with Gasteiger partial charge in [0.05, 0.1) is 22.8 Å². The van der Waals surface area contributed by atoms with E-state index in [1.807, 2.05) is 19.2 Å². The van der Waals surface area contributed by atoms with Gasteiger partial charge in [-0.1, -0.05) is 30.3 Å². The van der Waals surface area contributed by atoms with Crippen molar-refractivity contribution in [3.05, 3.63) is 84.1 Å². The van der Waals surface area contributed by atoms with Crippen LogP contribution in [0.4, 0.5) is 11.4 Å². The maximum Gasteiger partial charge on any atom is 0.306 e. The zero-order chi connectivity index (χ0) is 27.5. The number of aromatic nitrogens is 1. The number of hydrogen-bond acceptors (Lipinski definition) is 8. The highest BCUT2D eigenvalue weighted by Gasteiger charge is 2.17. The first-order valence-electron chi connectivity index (χ1n) is 11.8. The number of nitrogen functional groups attached to an aromatic ring is 1. The Labute approximate surface area is 222 Å². The van der Waals surface area contributed by atoms with Gasteiger partial charge in [-0.05, 0) is 60.9 Å². The lowest BCUT2D eigenvalue weighted by Gasteiger charge is -2.18. The Morgan fingerprint density at radius 1 is 1.03 bits per heavy atom. The Morgan fingerprint density at radius 2 is 1.76 bits per heavy atom. The summed E-state index contributed by atoms with van der Waals surface area (Å²) >= 11 is 0. The Bertz CT molecular complexity index is 1650. The molecule has 6 N–H and O–H groups in total. The van der Waals surface area contributed by atoms with E-state index >= 15 is 0 Å². The summed E-state index contributed by atoms with van der Waals surface area (Å²) in [4.78, 5) is 3.13. The van der Waals surface area contributed by atoms with Crippen LogP contribution in [0.1, 0.15) is 24.2 Å². The maximum atomic E-state index is 12.7. The molecule has 0 aliphatic carbocycles. The lowest BCUT2D eigenvalue weighted by molar-refractivity contribution is 0.170. The zero-order valence-electron chi connectivity index (χ0n) is 20.9. The number of fused-ring (bicyclic) bond motifs is 1.